The van der Waals surface area contributed by atoms with Gasteiger partial charge in [-0.25, -0.2) is 0 Å². The molecular formula is C14H11N2O3+. The van der Waals surface area contributed by atoms with Gasteiger partial charge in [0.1, 0.15) is 18.3 Å². The Morgan fingerprint density at radius 3 is 1.74 bits per heavy atom. The lowest BCUT2D eigenvalue weighted by molar-refractivity contribution is -0.427. The maximum Gasteiger partial charge on any atom is 0.292 e. The van der Waals surface area contributed by atoms with Crippen LogP contribution in [0, 0.1) is 4.91 Å². The topological polar surface area (TPSA) is 66.2 Å². The first-order valence-electron chi connectivity index (χ1n) is 5.57. The van der Waals surface area contributed by atoms with E-state index in [0.29, 0.717) is 33.7 Å². The number of benzene rings is 2. The SMILES string of the molecule is O=Cc1ccc(N[N+](=O)c2ccc(C=O)cc2)cc1. The fraction of sp³-hybridized carbons (Fsp3) is 0. The molecule has 0 aliphatic carbocycles. The van der Waals surface area contributed by atoms with Gasteiger partial charge in [0.05, 0.1) is 4.91 Å². The predicted molar refractivity (Wildman–Crippen MR) is 70.6 cm³/mol. The average Bonchev–Trinajstić information content (AvgIpc) is 2.48. The van der Waals surface area contributed by atoms with Gasteiger partial charge in [0.2, 0.25) is 0 Å². The minimum atomic E-state index is 0.380. The molecule has 19 heavy (non-hydrogen) atoms. The molecule has 2 aromatic rings. The van der Waals surface area contributed by atoms with Crippen molar-refractivity contribution in [3.05, 3.63) is 64.6 Å². The summed E-state index contributed by atoms with van der Waals surface area (Å²) < 4.78 is 0. The quantitative estimate of drug-likeness (QED) is 0.507. The molecule has 0 saturated heterocycles. The number of hydrogen-bond acceptors (Lipinski definition) is 3. The predicted octanol–water partition coefficient (Wildman–Crippen LogP) is 2.75. The van der Waals surface area contributed by atoms with Gasteiger partial charge in [0.15, 0.2) is 4.87 Å². The smallest absolute Gasteiger partial charge is 0.292 e. The van der Waals surface area contributed by atoms with Crippen LogP contribution in [-0.4, -0.2) is 17.4 Å². The lowest BCUT2D eigenvalue weighted by atomic mass is 10.2. The molecule has 2 aromatic carbocycles. The van der Waals surface area contributed by atoms with Crippen LogP contribution in [0.5, 0.6) is 0 Å². The minimum absolute atomic E-state index is 0.380. The van der Waals surface area contributed by atoms with E-state index in [4.69, 9.17) is 0 Å². The van der Waals surface area contributed by atoms with Crippen molar-refractivity contribution in [3.63, 3.8) is 0 Å². The van der Waals surface area contributed by atoms with Gasteiger partial charge in [-0.15, -0.1) is 5.43 Å². The molecule has 0 radical (unpaired) electrons. The number of carbonyl (C=O) groups is 2. The molecule has 1 N–H and O–H groups in total. The summed E-state index contributed by atoms with van der Waals surface area (Å²) in [7, 11) is 0. The van der Waals surface area contributed by atoms with E-state index in [9.17, 15) is 14.5 Å². The molecule has 0 fully saturated rings. The Labute approximate surface area is 109 Å². The second-order valence-corrected chi connectivity index (χ2v) is 3.86. The standard InChI is InChI=1S/C14H10N2O3/c17-9-11-1-5-13(6-2-11)15-16(19)14-7-3-12(10-18)4-8-14/h1-10H/p+1. The molecular weight excluding hydrogens is 244 g/mol. The van der Waals surface area contributed by atoms with Crippen molar-refractivity contribution < 1.29 is 14.5 Å². The maximum absolute atomic E-state index is 11.8. The molecule has 94 valence electrons. The Hall–Kier alpha value is -2.82. The summed E-state index contributed by atoms with van der Waals surface area (Å²) in [5, 5.41) is 0. The van der Waals surface area contributed by atoms with E-state index in [1.807, 2.05) is 0 Å². The largest absolute Gasteiger partial charge is 0.298 e. The van der Waals surface area contributed by atoms with Crippen LogP contribution in [0.25, 0.3) is 0 Å². The third kappa shape index (κ3) is 3.10. The fourth-order valence-corrected chi connectivity index (χ4v) is 1.51. The molecule has 0 aliphatic rings. The van der Waals surface area contributed by atoms with Crippen LogP contribution < -0.4 is 5.43 Å². The van der Waals surface area contributed by atoms with Gasteiger partial charge in [-0.1, -0.05) is 0 Å². The zero-order valence-electron chi connectivity index (χ0n) is 9.95. The fourth-order valence-electron chi connectivity index (χ4n) is 1.51. The summed E-state index contributed by atoms with van der Waals surface area (Å²) in [6, 6.07) is 12.7. The number of rotatable bonds is 5. The normalized spacial score (nSPS) is 9.68. The third-order valence-corrected chi connectivity index (χ3v) is 2.54. The number of nitrogens with zero attached hydrogens (tertiary/aromatic N) is 1. The number of aldehydes is 2. The molecule has 2 rings (SSSR count). The van der Waals surface area contributed by atoms with Crippen LogP contribution in [0.15, 0.2) is 48.5 Å². The van der Waals surface area contributed by atoms with Gasteiger partial charge in [-0.05, 0) is 36.4 Å². The van der Waals surface area contributed by atoms with Gasteiger partial charge in [-0.3, -0.25) is 9.59 Å². The average molecular weight is 255 g/mol. The first-order valence-corrected chi connectivity index (χ1v) is 5.57. The number of nitroso groups, excluding NO2 is 1. The number of hydrogen-bond donors (Lipinski definition) is 1. The van der Waals surface area contributed by atoms with Crippen LogP contribution in [0.3, 0.4) is 0 Å². The number of anilines is 1. The van der Waals surface area contributed by atoms with E-state index >= 15 is 0 Å². The Kier molecular flexibility index (Phi) is 3.78. The summed E-state index contributed by atoms with van der Waals surface area (Å²) in [5.41, 5.74) is 4.62. The molecule has 5 nitrogen and oxygen atoms in total. The van der Waals surface area contributed by atoms with Gasteiger partial charge in [-0.2, -0.15) is 0 Å². The van der Waals surface area contributed by atoms with E-state index in [-0.39, 0.29) is 0 Å². The molecule has 0 bridgehead atoms. The van der Waals surface area contributed by atoms with Crippen molar-refractivity contribution in [2.24, 2.45) is 0 Å². The van der Waals surface area contributed by atoms with Crippen LogP contribution in [0.1, 0.15) is 20.7 Å². The van der Waals surface area contributed by atoms with E-state index in [1.165, 1.54) is 0 Å². The van der Waals surface area contributed by atoms with Crippen LogP contribution in [0.4, 0.5) is 11.4 Å². The Bertz CT molecular complexity index is 604. The summed E-state index contributed by atoms with van der Waals surface area (Å²) in [4.78, 5) is 33.4. The van der Waals surface area contributed by atoms with Crippen LogP contribution >= 0.6 is 0 Å². The molecule has 0 aliphatic heterocycles. The van der Waals surface area contributed by atoms with E-state index < -0.39 is 0 Å². The van der Waals surface area contributed by atoms with Crippen molar-refractivity contribution in [1.29, 1.82) is 0 Å². The number of nitrogens with one attached hydrogen (secondary N) is 1. The van der Waals surface area contributed by atoms with Crippen LogP contribution in [-0.2, 0) is 0 Å². The van der Waals surface area contributed by atoms with E-state index in [0.717, 1.165) is 6.29 Å². The Morgan fingerprint density at radius 1 is 0.789 bits per heavy atom. The summed E-state index contributed by atoms with van der Waals surface area (Å²) >= 11 is 0. The van der Waals surface area contributed by atoms with E-state index in [2.05, 4.69) is 5.43 Å². The first-order chi connectivity index (χ1) is 9.22. The van der Waals surface area contributed by atoms with Gasteiger partial charge in [0.25, 0.3) is 5.69 Å². The highest BCUT2D eigenvalue weighted by Gasteiger charge is 2.13. The van der Waals surface area contributed by atoms with Crippen molar-refractivity contribution in [2.75, 3.05) is 5.43 Å². The number of hydrazine groups is 1. The molecule has 0 atom stereocenters. The highest BCUT2D eigenvalue weighted by Crippen LogP contribution is 2.15. The molecule has 0 saturated carbocycles. The van der Waals surface area contributed by atoms with Crippen molar-refractivity contribution in [1.82, 2.24) is 0 Å². The number of carbonyl (C=O) groups excluding carboxylic acids is 2. The molecule has 0 aromatic heterocycles. The monoisotopic (exact) mass is 255 g/mol. The van der Waals surface area contributed by atoms with Crippen molar-refractivity contribution in [3.8, 4) is 0 Å². The van der Waals surface area contributed by atoms with Gasteiger partial charge >= 0.3 is 0 Å². The second kappa shape index (κ2) is 5.68. The maximum atomic E-state index is 11.8. The van der Waals surface area contributed by atoms with Crippen molar-refractivity contribution >= 4 is 23.9 Å². The summed E-state index contributed by atoms with van der Waals surface area (Å²) in [5.74, 6) is 0. The third-order valence-electron chi connectivity index (χ3n) is 2.54. The summed E-state index contributed by atoms with van der Waals surface area (Å²) in [6.07, 6.45) is 1.45. The second-order valence-electron chi connectivity index (χ2n) is 3.86. The lowest BCUT2D eigenvalue weighted by Gasteiger charge is -1.98. The minimum Gasteiger partial charge on any atom is -0.298 e. The Balaban J connectivity index is 2.10. The van der Waals surface area contributed by atoms with Gasteiger partial charge < -0.3 is 0 Å². The van der Waals surface area contributed by atoms with Crippen LogP contribution in [0.2, 0.25) is 0 Å². The molecule has 5 heteroatoms. The highest BCUT2D eigenvalue weighted by atomic mass is 16.3. The highest BCUT2D eigenvalue weighted by molar-refractivity contribution is 5.76. The summed E-state index contributed by atoms with van der Waals surface area (Å²) in [6.45, 7) is 0. The first kappa shape index (κ1) is 12.6. The van der Waals surface area contributed by atoms with Crippen molar-refractivity contribution in [2.45, 2.75) is 0 Å². The molecule has 0 unspecified atom stereocenters. The van der Waals surface area contributed by atoms with E-state index in [1.54, 1.807) is 48.5 Å². The Morgan fingerprint density at radius 2 is 1.26 bits per heavy atom. The molecule has 0 heterocycles. The molecule has 0 amide bonds. The lowest BCUT2D eigenvalue weighted by Crippen LogP contribution is -2.10. The molecule has 0 spiro atoms. The zero-order chi connectivity index (χ0) is 13.7. The van der Waals surface area contributed by atoms with Gasteiger partial charge in [0, 0.05) is 23.3 Å². The zero-order valence-corrected chi connectivity index (χ0v) is 9.95.